The number of benzene rings is 1. The van der Waals surface area contributed by atoms with E-state index in [0.717, 1.165) is 42.9 Å². The maximum atomic E-state index is 12.1. The molecule has 0 unspecified atom stereocenters. The molecule has 0 radical (unpaired) electrons. The Morgan fingerprint density at radius 2 is 2.11 bits per heavy atom. The fraction of sp³-hybridized carbons (Fsp3) is 0.357. The molecule has 2 rings (SSSR count). The topological polar surface area (TPSA) is 35.6 Å². The lowest BCUT2D eigenvalue weighted by molar-refractivity contribution is 0.156. The molecule has 1 saturated heterocycles. The van der Waals surface area contributed by atoms with Gasteiger partial charge < -0.3 is 10.2 Å². The highest BCUT2D eigenvalue weighted by atomic mass is 79.9. The first-order valence-corrected chi connectivity index (χ1v) is 7.13. The maximum Gasteiger partial charge on any atom is 0.321 e. The van der Waals surface area contributed by atoms with E-state index in [0.29, 0.717) is 0 Å². The summed E-state index contributed by atoms with van der Waals surface area (Å²) in [5.41, 5.74) is 0.813. The molecular weight excluding hydrogens is 306 g/mol. The smallest absolute Gasteiger partial charge is 0.321 e. The van der Waals surface area contributed by atoms with Gasteiger partial charge in [0.25, 0.3) is 0 Å². The van der Waals surface area contributed by atoms with Gasteiger partial charge in [0.2, 0.25) is 0 Å². The summed E-state index contributed by atoms with van der Waals surface area (Å²) in [5, 5.41) is 2.92. The second-order valence-electron chi connectivity index (χ2n) is 4.52. The second-order valence-corrected chi connectivity index (χ2v) is 5.43. The van der Waals surface area contributed by atoms with Crippen molar-refractivity contribution in [3.8, 4) is 0 Å². The van der Waals surface area contributed by atoms with Crippen LogP contribution in [0.25, 0.3) is 0 Å². The molecule has 4 nitrogen and oxygen atoms in total. The molecule has 1 heterocycles. The average molecular weight is 324 g/mol. The molecule has 0 spiro atoms. The number of halogens is 1. The van der Waals surface area contributed by atoms with Gasteiger partial charge in [-0.05, 0) is 18.2 Å². The van der Waals surface area contributed by atoms with Gasteiger partial charge in [0.15, 0.2) is 0 Å². The molecule has 1 fully saturated rings. The Labute approximate surface area is 122 Å². The third-order valence-electron chi connectivity index (χ3n) is 3.12. The third kappa shape index (κ3) is 4.08. The van der Waals surface area contributed by atoms with Gasteiger partial charge in [-0.1, -0.05) is 28.1 Å². The van der Waals surface area contributed by atoms with E-state index in [2.05, 4.69) is 32.7 Å². The number of nitrogens with zero attached hydrogens (tertiary/aromatic N) is 2. The first-order valence-electron chi connectivity index (χ1n) is 6.34. The standard InChI is InChI=1S/C14H18BrN3O/c1-2-6-17-7-9-18(10-8-17)14(19)16-13-5-3-4-12(15)11-13/h2-5,11H,1,6-10H2,(H,16,19). The molecule has 1 aliphatic rings. The number of carbonyl (C=O) groups is 1. The van der Waals surface area contributed by atoms with Gasteiger partial charge in [0.1, 0.15) is 0 Å². The minimum atomic E-state index is -0.0312. The van der Waals surface area contributed by atoms with Crippen molar-refractivity contribution in [3.63, 3.8) is 0 Å². The SMILES string of the molecule is C=CCN1CCN(C(=O)Nc2cccc(Br)c2)CC1. The van der Waals surface area contributed by atoms with Gasteiger partial charge in [-0.15, -0.1) is 6.58 Å². The zero-order chi connectivity index (χ0) is 13.7. The molecule has 0 aliphatic carbocycles. The predicted octanol–water partition coefficient (Wildman–Crippen LogP) is 2.78. The van der Waals surface area contributed by atoms with Crippen LogP contribution in [0, 0.1) is 0 Å². The van der Waals surface area contributed by atoms with Crippen molar-refractivity contribution in [2.45, 2.75) is 0 Å². The minimum absolute atomic E-state index is 0.0312. The number of amides is 2. The number of anilines is 1. The van der Waals surface area contributed by atoms with Gasteiger partial charge in [-0.3, -0.25) is 4.90 Å². The molecule has 0 saturated carbocycles. The first kappa shape index (κ1) is 14.1. The average Bonchev–Trinajstić information content (AvgIpc) is 2.40. The van der Waals surface area contributed by atoms with Crippen LogP contribution in [-0.2, 0) is 0 Å². The summed E-state index contributed by atoms with van der Waals surface area (Å²) in [4.78, 5) is 16.2. The third-order valence-corrected chi connectivity index (χ3v) is 3.62. The Morgan fingerprint density at radius 1 is 1.37 bits per heavy atom. The van der Waals surface area contributed by atoms with Crippen molar-refractivity contribution in [2.75, 3.05) is 38.0 Å². The number of carbonyl (C=O) groups excluding carboxylic acids is 1. The lowest BCUT2D eigenvalue weighted by Crippen LogP contribution is -2.49. The van der Waals surface area contributed by atoms with E-state index >= 15 is 0 Å². The summed E-state index contributed by atoms with van der Waals surface area (Å²) in [6.07, 6.45) is 1.90. The van der Waals surface area contributed by atoms with Crippen molar-refractivity contribution in [1.82, 2.24) is 9.80 Å². The lowest BCUT2D eigenvalue weighted by atomic mass is 10.3. The molecule has 1 aromatic rings. The summed E-state index contributed by atoms with van der Waals surface area (Å²) in [6.45, 7) is 7.94. The highest BCUT2D eigenvalue weighted by Gasteiger charge is 2.20. The Bertz CT molecular complexity index is 456. The highest BCUT2D eigenvalue weighted by Crippen LogP contribution is 2.16. The Hall–Kier alpha value is -1.33. The van der Waals surface area contributed by atoms with E-state index in [4.69, 9.17) is 0 Å². The predicted molar refractivity (Wildman–Crippen MR) is 81.4 cm³/mol. The van der Waals surface area contributed by atoms with Crippen molar-refractivity contribution in [2.24, 2.45) is 0 Å². The van der Waals surface area contributed by atoms with Crippen molar-refractivity contribution < 1.29 is 4.79 Å². The number of urea groups is 1. The molecular formula is C14H18BrN3O. The molecule has 0 aromatic heterocycles. The quantitative estimate of drug-likeness (QED) is 0.868. The molecule has 5 heteroatoms. The zero-order valence-corrected chi connectivity index (χ0v) is 12.4. The Balaban J connectivity index is 1.86. The van der Waals surface area contributed by atoms with Crippen LogP contribution < -0.4 is 5.32 Å². The maximum absolute atomic E-state index is 12.1. The molecule has 1 N–H and O–H groups in total. The number of nitrogens with one attached hydrogen (secondary N) is 1. The van der Waals surface area contributed by atoms with Gasteiger partial charge in [-0.25, -0.2) is 4.79 Å². The Morgan fingerprint density at radius 3 is 2.74 bits per heavy atom. The van der Waals surface area contributed by atoms with Crippen LogP contribution >= 0.6 is 15.9 Å². The Kier molecular flexibility index (Phi) is 4.99. The van der Waals surface area contributed by atoms with Crippen molar-refractivity contribution in [1.29, 1.82) is 0 Å². The van der Waals surface area contributed by atoms with Crippen molar-refractivity contribution >= 4 is 27.6 Å². The molecule has 2 amide bonds. The normalized spacial score (nSPS) is 16.2. The first-order chi connectivity index (χ1) is 9.19. The molecule has 19 heavy (non-hydrogen) atoms. The van der Waals surface area contributed by atoms with E-state index in [1.165, 1.54) is 0 Å². The molecule has 0 atom stereocenters. The summed E-state index contributed by atoms with van der Waals surface area (Å²) in [6, 6.07) is 7.59. The number of piperazine rings is 1. The van der Waals surface area contributed by atoms with Crippen LogP contribution in [0.2, 0.25) is 0 Å². The largest absolute Gasteiger partial charge is 0.322 e. The summed E-state index contributed by atoms with van der Waals surface area (Å²) in [5.74, 6) is 0. The van der Waals surface area contributed by atoms with Crippen molar-refractivity contribution in [3.05, 3.63) is 41.4 Å². The second kappa shape index (κ2) is 6.73. The molecule has 1 aliphatic heterocycles. The minimum Gasteiger partial charge on any atom is -0.322 e. The number of rotatable bonds is 3. The molecule has 0 bridgehead atoms. The van der Waals surface area contributed by atoms with Gasteiger partial charge in [-0.2, -0.15) is 0 Å². The summed E-state index contributed by atoms with van der Waals surface area (Å²) < 4.78 is 0.959. The van der Waals surface area contributed by atoms with E-state index in [1.807, 2.05) is 35.2 Å². The van der Waals surface area contributed by atoms with Gasteiger partial charge in [0.05, 0.1) is 0 Å². The van der Waals surface area contributed by atoms with E-state index in [-0.39, 0.29) is 6.03 Å². The molecule has 1 aromatic carbocycles. The summed E-state index contributed by atoms with van der Waals surface area (Å²) in [7, 11) is 0. The van der Waals surface area contributed by atoms with Crippen LogP contribution in [0.1, 0.15) is 0 Å². The van der Waals surface area contributed by atoms with Crippen LogP contribution in [0.3, 0.4) is 0 Å². The van der Waals surface area contributed by atoms with E-state index in [9.17, 15) is 4.79 Å². The fourth-order valence-electron chi connectivity index (χ4n) is 2.08. The van der Waals surface area contributed by atoms with Gasteiger partial charge >= 0.3 is 6.03 Å². The molecule has 102 valence electrons. The van der Waals surface area contributed by atoms with Crippen LogP contribution in [0.4, 0.5) is 10.5 Å². The van der Waals surface area contributed by atoms with Crippen LogP contribution in [-0.4, -0.2) is 48.6 Å². The highest BCUT2D eigenvalue weighted by molar-refractivity contribution is 9.10. The van der Waals surface area contributed by atoms with E-state index in [1.54, 1.807) is 0 Å². The summed E-state index contributed by atoms with van der Waals surface area (Å²) >= 11 is 3.39. The number of hydrogen-bond donors (Lipinski definition) is 1. The van der Waals surface area contributed by atoms with Crippen LogP contribution in [0.5, 0.6) is 0 Å². The van der Waals surface area contributed by atoms with E-state index < -0.39 is 0 Å². The monoisotopic (exact) mass is 323 g/mol. The lowest BCUT2D eigenvalue weighted by Gasteiger charge is -2.34. The van der Waals surface area contributed by atoms with Crippen LogP contribution in [0.15, 0.2) is 41.4 Å². The fourth-order valence-corrected chi connectivity index (χ4v) is 2.48. The zero-order valence-electron chi connectivity index (χ0n) is 10.8. The van der Waals surface area contributed by atoms with Gasteiger partial charge in [0, 0.05) is 42.9 Å². The number of hydrogen-bond acceptors (Lipinski definition) is 2.